The van der Waals surface area contributed by atoms with E-state index in [9.17, 15) is 34.2 Å². The average Bonchev–Trinajstić information content (AvgIpc) is 3.63. The Kier molecular flexibility index (Phi) is 12.3. The van der Waals surface area contributed by atoms with Crippen molar-refractivity contribution in [1.29, 1.82) is 0 Å². The molecule has 62 heavy (non-hydrogen) atoms. The number of aliphatic hydroxyl groups excluding tert-OH is 1. The second-order valence-electron chi connectivity index (χ2n) is 21.1. The number of allylic oxidation sites excluding steroid dienone is 1. The Balaban J connectivity index is 0.976. The Morgan fingerprint density at radius 2 is 1.58 bits per heavy atom. The topological polar surface area (TPSA) is 195 Å². The van der Waals surface area contributed by atoms with Crippen molar-refractivity contribution < 1.29 is 39.3 Å². The van der Waals surface area contributed by atoms with Crippen molar-refractivity contribution in [3.63, 3.8) is 0 Å². The van der Waals surface area contributed by atoms with Gasteiger partial charge in [0, 0.05) is 18.3 Å². The van der Waals surface area contributed by atoms with Gasteiger partial charge in [-0.25, -0.2) is 4.79 Å². The summed E-state index contributed by atoms with van der Waals surface area (Å²) in [5.74, 6) is -1.58. The number of hydrogen-bond donors (Lipinski definition) is 6. The van der Waals surface area contributed by atoms with Crippen LogP contribution in [0.5, 0.6) is 0 Å². The lowest BCUT2D eigenvalue weighted by Gasteiger charge is -2.72. The summed E-state index contributed by atoms with van der Waals surface area (Å²) in [6.45, 7) is 19.6. The minimum Gasteiger partial charge on any atom is -0.481 e. The molecule has 0 radical (unpaired) electrons. The highest BCUT2D eigenvalue weighted by molar-refractivity contribution is 5.97. The lowest BCUT2D eigenvalue weighted by molar-refractivity contribution is -0.246. The highest BCUT2D eigenvalue weighted by Crippen LogP contribution is 2.77. The number of carboxylic acid groups (broad SMARTS) is 2. The molecule has 336 valence electrons. The number of carbonyl (C=O) groups excluding carboxylic acids is 3. The first-order valence-corrected chi connectivity index (χ1v) is 22.9. The molecule has 1 heterocycles. The predicted molar refractivity (Wildman–Crippen MR) is 235 cm³/mol. The van der Waals surface area contributed by atoms with Gasteiger partial charge >= 0.3 is 11.9 Å². The summed E-state index contributed by atoms with van der Waals surface area (Å²) in [6.07, 6.45) is 11.3. The van der Waals surface area contributed by atoms with Crippen molar-refractivity contribution in [3.05, 3.63) is 77.1 Å². The zero-order chi connectivity index (χ0) is 45.0. The highest BCUT2D eigenvalue weighted by atomic mass is 16.4. The van der Waals surface area contributed by atoms with E-state index in [0.717, 1.165) is 56.9 Å². The molecule has 12 heteroatoms. The average molecular weight is 853 g/mol. The highest BCUT2D eigenvalue weighted by Gasteiger charge is 2.71. The number of aliphatic carboxylic acids is 2. The summed E-state index contributed by atoms with van der Waals surface area (Å²) < 4.78 is 0. The van der Waals surface area contributed by atoms with Crippen LogP contribution in [0, 0.1) is 56.7 Å². The molecule has 12 nitrogen and oxygen atoms in total. The number of aromatic nitrogens is 1. The van der Waals surface area contributed by atoms with Gasteiger partial charge in [-0.3, -0.25) is 24.2 Å². The molecule has 5 aliphatic rings. The second kappa shape index (κ2) is 16.8. The molecule has 5 saturated carbocycles. The molecule has 0 saturated heterocycles. The number of carbonyl (C=O) groups is 5. The molecule has 1 aromatic heterocycles. The van der Waals surface area contributed by atoms with Gasteiger partial charge in [-0.2, -0.15) is 0 Å². The molecule has 5 fully saturated rings. The maximum atomic E-state index is 14.7. The summed E-state index contributed by atoms with van der Waals surface area (Å²) >= 11 is 0. The Hall–Kier alpha value is -4.58. The first-order chi connectivity index (χ1) is 29.2. The van der Waals surface area contributed by atoms with Crippen LogP contribution < -0.4 is 16.0 Å². The summed E-state index contributed by atoms with van der Waals surface area (Å²) in [5, 5.41) is 37.7. The van der Waals surface area contributed by atoms with E-state index in [1.165, 1.54) is 36.7 Å². The van der Waals surface area contributed by atoms with Crippen molar-refractivity contribution >= 4 is 29.7 Å². The van der Waals surface area contributed by atoms with E-state index in [4.69, 9.17) is 5.11 Å². The van der Waals surface area contributed by atoms with E-state index in [2.05, 4.69) is 69.1 Å². The third-order valence-corrected chi connectivity index (χ3v) is 17.9. The van der Waals surface area contributed by atoms with Crippen LogP contribution in [-0.2, 0) is 27.3 Å². The fraction of sp³-hybridized carbons (Fsp3) is 0.640. The van der Waals surface area contributed by atoms with Crippen molar-refractivity contribution in [2.45, 2.75) is 137 Å². The van der Waals surface area contributed by atoms with E-state index in [-0.39, 0.29) is 57.6 Å². The zero-order valence-electron chi connectivity index (χ0n) is 37.5. The largest absolute Gasteiger partial charge is 0.481 e. The number of rotatable bonds is 13. The predicted octanol–water partition coefficient (Wildman–Crippen LogP) is 7.35. The molecule has 5 aliphatic carbocycles. The second-order valence-corrected chi connectivity index (χ2v) is 21.1. The number of fused-ring (bicyclic) bond motifs is 7. The molecule has 1 aromatic carbocycles. The summed E-state index contributed by atoms with van der Waals surface area (Å²) in [5.41, 5.74) is 3.10. The van der Waals surface area contributed by atoms with Crippen molar-refractivity contribution in [1.82, 2.24) is 20.9 Å². The molecule has 7 rings (SSSR count). The SMILES string of the molecule is C=C(C)[C@@H]1CCC2(C(=O)NCCc3cccc(C(=O)NCc4ccc(C(=O)NC(CC(=O)O)C(=O)O)cn4)c3)CC[C@]3(C)C(CCC4C5(C)CCC(O)C(C)(C)C5CCC43C)C12. The molecule has 6 N–H and O–H groups in total. The summed E-state index contributed by atoms with van der Waals surface area (Å²) in [6, 6.07) is 8.73. The van der Waals surface area contributed by atoms with Gasteiger partial charge in [0.2, 0.25) is 5.91 Å². The molecule has 9 unspecified atom stereocenters. The fourth-order valence-electron chi connectivity index (χ4n) is 14.4. The normalized spacial score (nSPS) is 34.8. The molecule has 2 aromatic rings. The van der Waals surface area contributed by atoms with Crippen LogP contribution in [0.1, 0.15) is 144 Å². The molecule has 11 atom stereocenters. The Morgan fingerprint density at radius 1 is 0.823 bits per heavy atom. The smallest absolute Gasteiger partial charge is 0.326 e. The van der Waals surface area contributed by atoms with Crippen LogP contribution in [-0.4, -0.2) is 68.7 Å². The van der Waals surface area contributed by atoms with E-state index >= 15 is 0 Å². The van der Waals surface area contributed by atoms with E-state index in [1.54, 1.807) is 6.07 Å². The van der Waals surface area contributed by atoms with E-state index < -0.39 is 35.7 Å². The van der Waals surface area contributed by atoms with Crippen molar-refractivity contribution in [2.75, 3.05) is 6.54 Å². The minimum atomic E-state index is -1.58. The molecule has 0 spiro atoms. The Morgan fingerprint density at radius 3 is 2.26 bits per heavy atom. The quantitative estimate of drug-likeness (QED) is 0.112. The first-order valence-electron chi connectivity index (χ1n) is 22.9. The number of benzene rings is 1. The third kappa shape index (κ3) is 7.76. The van der Waals surface area contributed by atoms with Crippen LogP contribution in [0.25, 0.3) is 0 Å². The number of aliphatic hydroxyl groups is 1. The summed E-state index contributed by atoms with van der Waals surface area (Å²) in [7, 11) is 0. The van der Waals surface area contributed by atoms with Crippen molar-refractivity contribution in [3.8, 4) is 0 Å². The maximum Gasteiger partial charge on any atom is 0.326 e. The van der Waals surface area contributed by atoms with Crippen LogP contribution in [0.4, 0.5) is 0 Å². The molecular formula is C50H68N4O8. The molecule has 3 amide bonds. The number of pyridine rings is 1. The molecule has 0 aliphatic heterocycles. The Labute approximate surface area is 366 Å². The van der Waals surface area contributed by atoms with Gasteiger partial charge in [0.1, 0.15) is 6.04 Å². The zero-order valence-corrected chi connectivity index (χ0v) is 37.5. The van der Waals surface area contributed by atoms with Crippen LogP contribution in [0.15, 0.2) is 54.7 Å². The standard InChI is InChI=1S/C50H68N4O8/c1-29(2)34-15-21-50(23-22-48(6)35(41(34)50)13-14-38-47(5)19-17-39(55)46(3,4)37(47)16-20-49(38,48)7)45(62)51-24-18-30-9-8-10-31(25-30)42(58)53-28-33-12-11-32(27-52-33)43(59)54-36(44(60)61)26-40(56)57/h8-12,25,27,34-39,41,55H,1,13-24,26,28H2,2-7H3,(H,51,62)(H,53,58)(H,54,59)(H,56,57)(H,60,61)/t34-,35?,36?,37?,38?,39?,41?,47?,48+,49?,50?/m0/s1. The first kappa shape index (κ1) is 45.4. The van der Waals surface area contributed by atoms with E-state index in [1.807, 2.05) is 18.2 Å². The lowest BCUT2D eigenvalue weighted by Crippen LogP contribution is -2.67. The Bertz CT molecular complexity index is 2100. The summed E-state index contributed by atoms with van der Waals surface area (Å²) in [4.78, 5) is 66.9. The van der Waals surface area contributed by atoms with Gasteiger partial charge in [-0.1, -0.05) is 58.9 Å². The molecular weight excluding hydrogens is 785 g/mol. The van der Waals surface area contributed by atoms with Crippen LogP contribution in [0.2, 0.25) is 0 Å². The minimum absolute atomic E-state index is 0.0526. The lowest BCUT2D eigenvalue weighted by atomic mass is 9.32. The number of amides is 3. The maximum absolute atomic E-state index is 14.7. The molecule has 0 bridgehead atoms. The third-order valence-electron chi connectivity index (χ3n) is 17.9. The van der Waals surface area contributed by atoms with Crippen molar-refractivity contribution in [2.24, 2.45) is 56.7 Å². The van der Waals surface area contributed by atoms with Gasteiger partial charge < -0.3 is 31.3 Å². The van der Waals surface area contributed by atoms with Gasteiger partial charge in [0.05, 0.1) is 35.7 Å². The number of nitrogens with zero attached hydrogens (tertiary/aromatic N) is 1. The number of hydrogen-bond acceptors (Lipinski definition) is 7. The van der Waals surface area contributed by atoms with Crippen LogP contribution >= 0.6 is 0 Å². The van der Waals surface area contributed by atoms with Gasteiger partial charge in [0.15, 0.2) is 0 Å². The monoisotopic (exact) mass is 853 g/mol. The van der Waals surface area contributed by atoms with Crippen LogP contribution in [0.3, 0.4) is 0 Å². The number of carboxylic acids is 2. The van der Waals surface area contributed by atoms with Gasteiger partial charge in [0.25, 0.3) is 11.8 Å². The number of nitrogens with one attached hydrogen (secondary N) is 3. The van der Waals surface area contributed by atoms with Gasteiger partial charge in [-0.05, 0) is 159 Å². The van der Waals surface area contributed by atoms with Gasteiger partial charge in [-0.15, -0.1) is 0 Å². The fourth-order valence-corrected chi connectivity index (χ4v) is 14.4. The van der Waals surface area contributed by atoms with E-state index in [0.29, 0.717) is 47.9 Å².